The van der Waals surface area contributed by atoms with Crippen LogP contribution in [0.3, 0.4) is 0 Å². The first-order valence-corrected chi connectivity index (χ1v) is 11.9. The van der Waals surface area contributed by atoms with Gasteiger partial charge in [-0.2, -0.15) is 5.10 Å². The van der Waals surface area contributed by atoms with Gasteiger partial charge < -0.3 is 4.90 Å². The van der Waals surface area contributed by atoms with Crippen molar-refractivity contribution in [3.05, 3.63) is 46.1 Å². The summed E-state index contributed by atoms with van der Waals surface area (Å²) in [6.45, 7) is 8.27. The fourth-order valence-electron chi connectivity index (χ4n) is 5.44. The van der Waals surface area contributed by atoms with Crippen LogP contribution in [0, 0.1) is 30.6 Å². The summed E-state index contributed by atoms with van der Waals surface area (Å²) in [6, 6.07) is 7.90. The fraction of sp³-hybridized carbons (Fsp3) is 0.640. The molecule has 168 valence electrons. The second-order valence-electron chi connectivity index (χ2n) is 9.90. The first kappa shape index (κ1) is 21.8. The maximum absolute atomic E-state index is 13.0. The Kier molecular flexibility index (Phi) is 6.63. The van der Waals surface area contributed by atoms with Gasteiger partial charge >= 0.3 is 5.69 Å². The zero-order valence-corrected chi connectivity index (χ0v) is 19.1. The largest absolute Gasteiger partial charge is 0.347 e. The van der Waals surface area contributed by atoms with Crippen molar-refractivity contribution < 1.29 is 4.79 Å². The Labute approximate surface area is 185 Å². The highest BCUT2D eigenvalue weighted by molar-refractivity contribution is 5.79. The molecular formula is C25H36N4O2. The van der Waals surface area contributed by atoms with Crippen LogP contribution < -0.4 is 5.69 Å². The summed E-state index contributed by atoms with van der Waals surface area (Å²) >= 11 is 0. The third kappa shape index (κ3) is 4.78. The maximum atomic E-state index is 13.0. The highest BCUT2D eigenvalue weighted by atomic mass is 16.2. The first-order valence-electron chi connectivity index (χ1n) is 11.9. The van der Waals surface area contributed by atoms with E-state index in [-0.39, 0.29) is 11.6 Å². The van der Waals surface area contributed by atoms with Crippen molar-refractivity contribution in [3.8, 4) is 5.69 Å². The van der Waals surface area contributed by atoms with Crippen molar-refractivity contribution in [2.24, 2.45) is 23.7 Å². The average Bonchev–Trinajstić information content (AvgIpc) is 3.14. The number of carbonyl (C=O) groups is 1. The molecule has 1 N–H and O–H groups in total. The number of nitrogens with one attached hydrogen (secondary N) is 1. The normalized spacial score (nSPS) is 22.8. The van der Waals surface area contributed by atoms with E-state index in [1.165, 1.54) is 12.8 Å². The zero-order chi connectivity index (χ0) is 22.0. The lowest BCUT2D eigenvalue weighted by atomic mass is 9.76. The van der Waals surface area contributed by atoms with Crippen LogP contribution in [0.4, 0.5) is 0 Å². The van der Waals surface area contributed by atoms with Crippen molar-refractivity contribution in [1.82, 2.24) is 19.7 Å². The number of benzene rings is 1. The number of likely N-dealkylation sites (tertiary alicyclic amines) is 1. The quantitative estimate of drug-likeness (QED) is 0.785. The second-order valence-corrected chi connectivity index (χ2v) is 9.90. The Morgan fingerprint density at radius 3 is 2.42 bits per heavy atom. The van der Waals surface area contributed by atoms with Gasteiger partial charge in [0.25, 0.3) is 0 Å². The number of aromatic amines is 1. The summed E-state index contributed by atoms with van der Waals surface area (Å²) in [6.07, 6.45) is 7.20. The van der Waals surface area contributed by atoms with Crippen LogP contribution >= 0.6 is 0 Å². The number of para-hydroxylation sites is 1. The minimum Gasteiger partial charge on any atom is -0.342 e. The van der Waals surface area contributed by atoms with E-state index in [0.717, 1.165) is 74.1 Å². The molecule has 1 aliphatic carbocycles. The number of hydrogen-bond acceptors (Lipinski definition) is 3. The van der Waals surface area contributed by atoms with Crippen molar-refractivity contribution in [1.29, 1.82) is 0 Å². The summed E-state index contributed by atoms with van der Waals surface area (Å²) in [4.78, 5) is 27.5. The van der Waals surface area contributed by atoms with Crippen LogP contribution in [0.25, 0.3) is 5.69 Å². The molecule has 2 fully saturated rings. The molecule has 1 saturated carbocycles. The molecule has 6 nitrogen and oxygen atoms in total. The van der Waals surface area contributed by atoms with Gasteiger partial charge in [-0.25, -0.2) is 14.5 Å². The van der Waals surface area contributed by atoms with Gasteiger partial charge in [-0.05, 0) is 74.8 Å². The number of H-pyrrole nitrogens is 1. The number of piperidine rings is 1. The van der Waals surface area contributed by atoms with Crippen LogP contribution in [0.1, 0.15) is 63.8 Å². The third-order valence-corrected chi connectivity index (χ3v) is 7.56. The highest BCUT2D eigenvalue weighted by Gasteiger charge is 2.32. The Morgan fingerprint density at radius 1 is 1.10 bits per heavy atom. The lowest BCUT2D eigenvalue weighted by Gasteiger charge is -2.37. The summed E-state index contributed by atoms with van der Waals surface area (Å²) in [5.41, 5.74) is 1.76. The predicted molar refractivity (Wildman–Crippen MR) is 122 cm³/mol. The molecule has 1 saturated heterocycles. The Hall–Kier alpha value is -2.37. The molecule has 6 heteroatoms. The molecule has 2 heterocycles. The maximum Gasteiger partial charge on any atom is 0.347 e. The third-order valence-electron chi connectivity index (χ3n) is 7.56. The lowest BCUT2D eigenvalue weighted by Crippen LogP contribution is -2.43. The van der Waals surface area contributed by atoms with E-state index in [9.17, 15) is 9.59 Å². The van der Waals surface area contributed by atoms with E-state index in [4.69, 9.17) is 0 Å². The van der Waals surface area contributed by atoms with Crippen LogP contribution in [-0.4, -0.2) is 38.7 Å². The minimum absolute atomic E-state index is 0.186. The van der Waals surface area contributed by atoms with Crippen molar-refractivity contribution in [3.63, 3.8) is 0 Å². The number of aromatic nitrogens is 3. The van der Waals surface area contributed by atoms with Crippen LogP contribution in [0.15, 0.2) is 29.1 Å². The van der Waals surface area contributed by atoms with E-state index in [1.807, 2.05) is 31.2 Å². The number of rotatable bonds is 5. The van der Waals surface area contributed by atoms with Gasteiger partial charge in [0.2, 0.25) is 5.91 Å². The van der Waals surface area contributed by atoms with E-state index in [1.54, 1.807) is 4.57 Å². The van der Waals surface area contributed by atoms with Gasteiger partial charge in [0.05, 0.1) is 5.69 Å². The van der Waals surface area contributed by atoms with Crippen molar-refractivity contribution in [2.75, 3.05) is 13.1 Å². The van der Waals surface area contributed by atoms with E-state index < -0.39 is 0 Å². The number of aryl methyl sites for hydroxylation is 1. The Bertz CT molecular complexity index is 944. The first-order chi connectivity index (χ1) is 14.9. The zero-order valence-electron chi connectivity index (χ0n) is 19.1. The summed E-state index contributed by atoms with van der Waals surface area (Å²) in [7, 11) is 0. The standard InChI is InChI=1S/C25H36N4O2/c1-17(2)20-8-10-21(11-9-20)24(30)28-14-12-19(13-15-28)16-23-26-27-25(31)29(23)22-7-5-4-6-18(22)3/h4-7,17,19-21H,8-16H2,1-3H3,(H,27,31). The van der Waals surface area contributed by atoms with Gasteiger partial charge in [0, 0.05) is 25.4 Å². The predicted octanol–water partition coefficient (Wildman–Crippen LogP) is 4.11. The smallest absolute Gasteiger partial charge is 0.342 e. The Morgan fingerprint density at radius 2 is 1.77 bits per heavy atom. The second kappa shape index (κ2) is 9.41. The molecule has 0 radical (unpaired) electrons. The molecule has 1 aliphatic heterocycles. The number of nitrogens with zero attached hydrogens (tertiary/aromatic N) is 3. The summed E-state index contributed by atoms with van der Waals surface area (Å²) in [5, 5.41) is 6.95. The molecule has 2 aromatic rings. The van der Waals surface area contributed by atoms with Crippen molar-refractivity contribution >= 4 is 5.91 Å². The van der Waals surface area contributed by atoms with Crippen LogP contribution in [0.5, 0.6) is 0 Å². The van der Waals surface area contributed by atoms with E-state index in [0.29, 0.717) is 11.8 Å². The van der Waals surface area contributed by atoms with Gasteiger partial charge in [-0.1, -0.05) is 32.0 Å². The topological polar surface area (TPSA) is 71.0 Å². The van der Waals surface area contributed by atoms with Gasteiger partial charge in [0.15, 0.2) is 0 Å². The summed E-state index contributed by atoms with van der Waals surface area (Å²) < 4.78 is 1.71. The molecule has 0 spiro atoms. The molecule has 1 aromatic carbocycles. The molecule has 4 rings (SSSR count). The van der Waals surface area contributed by atoms with Gasteiger partial charge in [0.1, 0.15) is 5.82 Å². The molecular weight excluding hydrogens is 388 g/mol. The average molecular weight is 425 g/mol. The van der Waals surface area contributed by atoms with Crippen LogP contribution in [0.2, 0.25) is 0 Å². The fourth-order valence-corrected chi connectivity index (χ4v) is 5.44. The molecule has 31 heavy (non-hydrogen) atoms. The SMILES string of the molecule is Cc1ccccc1-n1c(CC2CCN(C(=O)C3CCC(C(C)C)CC3)CC2)n[nH]c1=O. The molecule has 1 amide bonds. The molecule has 1 aromatic heterocycles. The van der Waals surface area contributed by atoms with E-state index >= 15 is 0 Å². The minimum atomic E-state index is -0.186. The van der Waals surface area contributed by atoms with Gasteiger partial charge in [-0.15, -0.1) is 0 Å². The van der Waals surface area contributed by atoms with Crippen LogP contribution in [-0.2, 0) is 11.2 Å². The summed E-state index contributed by atoms with van der Waals surface area (Å²) in [5.74, 6) is 3.34. The molecule has 2 aliphatic rings. The number of carbonyl (C=O) groups excluding carboxylic acids is 1. The number of amides is 1. The Balaban J connectivity index is 1.34. The molecule has 0 bridgehead atoms. The highest BCUT2D eigenvalue weighted by Crippen LogP contribution is 2.35. The lowest BCUT2D eigenvalue weighted by molar-refractivity contribution is -0.138. The molecule has 0 unspecified atom stereocenters. The monoisotopic (exact) mass is 424 g/mol. The molecule has 0 atom stereocenters. The number of hydrogen-bond donors (Lipinski definition) is 1. The van der Waals surface area contributed by atoms with E-state index in [2.05, 4.69) is 28.9 Å². The van der Waals surface area contributed by atoms with Crippen molar-refractivity contribution in [2.45, 2.75) is 65.7 Å². The van der Waals surface area contributed by atoms with Gasteiger partial charge in [-0.3, -0.25) is 4.79 Å².